The molecule has 2 heterocycles. The number of morpholine rings is 1. The average Bonchev–Trinajstić information content (AvgIpc) is 3.10. The van der Waals surface area contributed by atoms with Crippen LogP contribution >= 0.6 is 24.0 Å². The van der Waals surface area contributed by atoms with Crippen molar-refractivity contribution in [2.45, 2.75) is 26.3 Å². The van der Waals surface area contributed by atoms with E-state index in [9.17, 15) is 0 Å². The van der Waals surface area contributed by atoms with Gasteiger partial charge in [0.05, 0.1) is 19.8 Å². The van der Waals surface area contributed by atoms with Gasteiger partial charge in [0.25, 0.3) is 0 Å². The fourth-order valence-electron chi connectivity index (χ4n) is 3.35. The molecule has 1 fully saturated rings. The van der Waals surface area contributed by atoms with Crippen LogP contribution in [0.5, 0.6) is 0 Å². The van der Waals surface area contributed by atoms with E-state index < -0.39 is 0 Å². The topological polar surface area (TPSA) is 64.7 Å². The highest BCUT2D eigenvalue weighted by Crippen LogP contribution is 2.17. The van der Waals surface area contributed by atoms with Crippen molar-refractivity contribution in [3.05, 3.63) is 36.0 Å². The lowest BCUT2D eigenvalue weighted by molar-refractivity contribution is 0.0220. The van der Waals surface area contributed by atoms with E-state index in [1.54, 1.807) is 0 Å². The summed E-state index contributed by atoms with van der Waals surface area (Å²) in [6.07, 6.45) is 3.07. The number of hydrogen-bond donors (Lipinski definition) is 3. The Labute approximate surface area is 179 Å². The molecule has 27 heavy (non-hydrogen) atoms. The fraction of sp³-hybridized carbons (Fsp3) is 0.550. The molecule has 0 aliphatic carbocycles. The molecule has 1 unspecified atom stereocenters. The molecule has 150 valence electrons. The highest BCUT2D eigenvalue weighted by atomic mass is 127. The van der Waals surface area contributed by atoms with Crippen LogP contribution in [0.3, 0.4) is 0 Å². The quantitative estimate of drug-likeness (QED) is 0.321. The van der Waals surface area contributed by atoms with Gasteiger partial charge in [0.1, 0.15) is 0 Å². The van der Waals surface area contributed by atoms with Crippen molar-refractivity contribution in [2.24, 2.45) is 4.99 Å². The maximum atomic E-state index is 5.43. The number of rotatable bonds is 7. The van der Waals surface area contributed by atoms with E-state index in [1.165, 1.54) is 16.5 Å². The van der Waals surface area contributed by atoms with Gasteiger partial charge in [0, 0.05) is 49.3 Å². The molecule has 0 bridgehead atoms. The number of hydrogen-bond acceptors (Lipinski definition) is 3. The molecular formula is C20H32IN5O. The van der Waals surface area contributed by atoms with E-state index in [-0.39, 0.29) is 24.0 Å². The summed E-state index contributed by atoms with van der Waals surface area (Å²) in [6, 6.07) is 8.87. The largest absolute Gasteiger partial charge is 0.379 e. The van der Waals surface area contributed by atoms with Crippen LogP contribution in [-0.2, 0) is 11.2 Å². The van der Waals surface area contributed by atoms with Crippen molar-refractivity contribution in [1.82, 2.24) is 20.5 Å². The Morgan fingerprint density at radius 1 is 1.26 bits per heavy atom. The van der Waals surface area contributed by atoms with Crippen molar-refractivity contribution in [3.8, 4) is 0 Å². The molecule has 3 N–H and O–H groups in total. The van der Waals surface area contributed by atoms with Gasteiger partial charge >= 0.3 is 0 Å². The Morgan fingerprint density at radius 3 is 2.81 bits per heavy atom. The van der Waals surface area contributed by atoms with Crippen LogP contribution in [0.2, 0.25) is 0 Å². The number of aromatic amines is 1. The molecule has 1 saturated heterocycles. The van der Waals surface area contributed by atoms with Gasteiger partial charge in [0.15, 0.2) is 5.96 Å². The standard InChI is InChI=1S/C20H31N5O.HI/c1-3-21-20(24-14-16(2)25-10-12-26-13-11-25)22-9-8-17-15-23-19-7-5-4-6-18(17)19;/h4-7,15-16,23H,3,8-14H2,1-2H3,(H2,21,22,24);1H. The summed E-state index contributed by atoms with van der Waals surface area (Å²) in [4.78, 5) is 10.6. The predicted octanol–water partition coefficient (Wildman–Crippen LogP) is 2.60. The molecule has 1 aromatic heterocycles. The Balaban J connectivity index is 0.00000261. The lowest BCUT2D eigenvalue weighted by atomic mass is 10.1. The molecule has 0 spiro atoms. The number of fused-ring (bicyclic) bond motifs is 1. The number of aromatic nitrogens is 1. The zero-order valence-corrected chi connectivity index (χ0v) is 18.7. The first kappa shape index (κ1) is 22.0. The number of para-hydroxylation sites is 1. The summed E-state index contributed by atoms with van der Waals surface area (Å²) in [5.41, 5.74) is 2.54. The van der Waals surface area contributed by atoms with Crippen LogP contribution < -0.4 is 10.6 Å². The van der Waals surface area contributed by atoms with Crippen molar-refractivity contribution in [1.29, 1.82) is 0 Å². The van der Waals surface area contributed by atoms with E-state index in [4.69, 9.17) is 9.73 Å². The second-order valence-electron chi connectivity index (χ2n) is 6.75. The van der Waals surface area contributed by atoms with Gasteiger partial charge in [-0.25, -0.2) is 0 Å². The minimum absolute atomic E-state index is 0. The second-order valence-corrected chi connectivity index (χ2v) is 6.75. The van der Waals surface area contributed by atoms with Crippen LogP contribution in [0, 0.1) is 0 Å². The zero-order valence-electron chi connectivity index (χ0n) is 16.3. The molecule has 6 nitrogen and oxygen atoms in total. The van der Waals surface area contributed by atoms with Crippen LogP contribution in [0.4, 0.5) is 0 Å². The highest BCUT2D eigenvalue weighted by molar-refractivity contribution is 14.0. The van der Waals surface area contributed by atoms with Gasteiger partial charge < -0.3 is 20.4 Å². The Morgan fingerprint density at radius 2 is 2.04 bits per heavy atom. The zero-order chi connectivity index (χ0) is 18.2. The number of guanidine groups is 1. The number of aliphatic imine (C=N–C) groups is 1. The van der Waals surface area contributed by atoms with Gasteiger partial charge in [-0.3, -0.25) is 9.89 Å². The average molecular weight is 485 g/mol. The first-order valence-electron chi connectivity index (χ1n) is 9.67. The molecule has 1 aromatic carbocycles. The van der Waals surface area contributed by atoms with Crippen LogP contribution in [0.25, 0.3) is 10.9 Å². The van der Waals surface area contributed by atoms with Crippen molar-refractivity contribution in [3.63, 3.8) is 0 Å². The number of nitrogens with zero attached hydrogens (tertiary/aromatic N) is 2. The smallest absolute Gasteiger partial charge is 0.191 e. The molecule has 0 radical (unpaired) electrons. The molecule has 1 aliphatic rings. The molecule has 3 rings (SSSR count). The van der Waals surface area contributed by atoms with E-state index >= 15 is 0 Å². The monoisotopic (exact) mass is 485 g/mol. The van der Waals surface area contributed by atoms with Crippen molar-refractivity contribution >= 4 is 40.8 Å². The maximum Gasteiger partial charge on any atom is 0.191 e. The molecule has 7 heteroatoms. The lowest BCUT2D eigenvalue weighted by Gasteiger charge is -2.31. The molecule has 1 aliphatic heterocycles. The van der Waals surface area contributed by atoms with E-state index in [0.29, 0.717) is 6.04 Å². The second kappa shape index (κ2) is 11.5. The minimum atomic E-state index is 0. The van der Waals surface area contributed by atoms with Crippen LogP contribution in [-0.4, -0.2) is 67.8 Å². The number of ether oxygens (including phenoxy) is 1. The molecule has 2 aromatic rings. The molecular weight excluding hydrogens is 453 g/mol. The van der Waals surface area contributed by atoms with Crippen LogP contribution in [0.15, 0.2) is 35.5 Å². The minimum Gasteiger partial charge on any atom is -0.379 e. The third kappa shape index (κ3) is 6.36. The SMILES string of the molecule is CCNC(=NCC(C)N1CCOCC1)NCCc1c[nH]c2ccccc12.I. The number of benzene rings is 1. The summed E-state index contributed by atoms with van der Waals surface area (Å²) < 4.78 is 5.43. The van der Waals surface area contributed by atoms with Gasteiger partial charge in [-0.1, -0.05) is 18.2 Å². The first-order chi connectivity index (χ1) is 12.8. The summed E-state index contributed by atoms with van der Waals surface area (Å²) in [6.45, 7) is 10.5. The number of halogens is 1. The first-order valence-corrected chi connectivity index (χ1v) is 9.67. The summed E-state index contributed by atoms with van der Waals surface area (Å²) >= 11 is 0. The van der Waals surface area contributed by atoms with Gasteiger partial charge in [-0.15, -0.1) is 24.0 Å². The third-order valence-electron chi connectivity index (χ3n) is 4.89. The molecule has 0 saturated carbocycles. The number of H-pyrrole nitrogens is 1. The van der Waals surface area contributed by atoms with Gasteiger partial charge in [-0.2, -0.15) is 0 Å². The molecule has 0 amide bonds. The summed E-state index contributed by atoms with van der Waals surface area (Å²) in [5, 5.41) is 8.11. The van der Waals surface area contributed by atoms with Gasteiger partial charge in [-0.05, 0) is 31.9 Å². The lowest BCUT2D eigenvalue weighted by Crippen LogP contribution is -2.44. The molecule has 1 atom stereocenters. The highest BCUT2D eigenvalue weighted by Gasteiger charge is 2.16. The van der Waals surface area contributed by atoms with E-state index in [0.717, 1.165) is 58.3 Å². The predicted molar refractivity (Wildman–Crippen MR) is 123 cm³/mol. The van der Waals surface area contributed by atoms with Crippen molar-refractivity contribution < 1.29 is 4.74 Å². The Bertz CT molecular complexity index is 711. The van der Waals surface area contributed by atoms with Crippen molar-refractivity contribution in [2.75, 3.05) is 45.9 Å². The Kier molecular flexibility index (Phi) is 9.36. The van der Waals surface area contributed by atoms with Gasteiger partial charge in [0.2, 0.25) is 0 Å². The van der Waals surface area contributed by atoms with E-state index in [2.05, 4.69) is 64.8 Å². The summed E-state index contributed by atoms with van der Waals surface area (Å²) in [7, 11) is 0. The fourth-order valence-corrected chi connectivity index (χ4v) is 3.35. The maximum absolute atomic E-state index is 5.43. The normalized spacial score (nSPS) is 16.7. The number of nitrogens with one attached hydrogen (secondary N) is 3. The third-order valence-corrected chi connectivity index (χ3v) is 4.89. The van der Waals surface area contributed by atoms with E-state index in [1.807, 2.05) is 0 Å². The Hall–Kier alpha value is -1.32. The summed E-state index contributed by atoms with van der Waals surface area (Å²) in [5.74, 6) is 0.896. The van der Waals surface area contributed by atoms with Crippen LogP contribution in [0.1, 0.15) is 19.4 Å².